The molecule has 0 saturated carbocycles. The van der Waals surface area contributed by atoms with Crippen molar-refractivity contribution < 1.29 is 23.8 Å². The van der Waals surface area contributed by atoms with Gasteiger partial charge in [-0.3, -0.25) is 0 Å². The van der Waals surface area contributed by atoms with Crippen LogP contribution in [-0.4, -0.2) is 61.5 Å². The van der Waals surface area contributed by atoms with E-state index in [0.717, 1.165) is 11.3 Å². The molecule has 1 aliphatic heterocycles. The maximum atomic E-state index is 12.4. The van der Waals surface area contributed by atoms with Crippen molar-refractivity contribution in [2.24, 2.45) is 0 Å². The molecule has 1 aromatic heterocycles. The van der Waals surface area contributed by atoms with Gasteiger partial charge >= 0.3 is 11.9 Å². The standard InChI is InChI=1S/C16H22N2O5S2/c1-4-22-14(19)11-10(3)12(15(20)23-5-2)25-13(11)17-16(24)18-6-8-21-9-7-18/h4-9H2,1-3H3,(H,17,24). The van der Waals surface area contributed by atoms with Crippen LogP contribution < -0.4 is 5.32 Å². The minimum atomic E-state index is -0.487. The van der Waals surface area contributed by atoms with Gasteiger partial charge < -0.3 is 24.4 Å². The smallest absolute Gasteiger partial charge is 0.348 e. The third-order valence-corrected chi connectivity index (χ3v) is 5.15. The fourth-order valence-corrected chi connectivity index (χ4v) is 3.82. The molecule has 25 heavy (non-hydrogen) atoms. The first-order chi connectivity index (χ1) is 12.0. The number of ether oxygens (including phenoxy) is 3. The lowest BCUT2D eigenvalue weighted by Gasteiger charge is -2.29. The Hall–Kier alpha value is -1.71. The lowest BCUT2D eigenvalue weighted by molar-refractivity contribution is 0.0527. The second-order valence-electron chi connectivity index (χ2n) is 5.23. The molecule has 2 heterocycles. The summed E-state index contributed by atoms with van der Waals surface area (Å²) in [5.41, 5.74) is 0.861. The zero-order valence-corrected chi connectivity index (χ0v) is 16.2. The first-order valence-electron chi connectivity index (χ1n) is 8.10. The topological polar surface area (TPSA) is 77.1 Å². The number of nitrogens with one attached hydrogen (secondary N) is 1. The van der Waals surface area contributed by atoms with Crippen molar-refractivity contribution in [1.82, 2.24) is 4.90 Å². The number of hydrogen-bond acceptors (Lipinski definition) is 7. The number of hydrogen-bond donors (Lipinski definition) is 1. The van der Waals surface area contributed by atoms with Crippen molar-refractivity contribution in [3.8, 4) is 0 Å². The number of rotatable bonds is 5. The minimum Gasteiger partial charge on any atom is -0.462 e. The minimum absolute atomic E-state index is 0.246. The molecule has 0 atom stereocenters. The van der Waals surface area contributed by atoms with E-state index in [1.807, 2.05) is 4.90 Å². The van der Waals surface area contributed by atoms with Gasteiger partial charge in [0, 0.05) is 13.1 Å². The summed E-state index contributed by atoms with van der Waals surface area (Å²) in [5.74, 6) is -0.944. The molecule has 0 bridgehead atoms. The van der Waals surface area contributed by atoms with E-state index in [1.165, 1.54) is 0 Å². The molecule has 7 nitrogen and oxygen atoms in total. The van der Waals surface area contributed by atoms with Crippen LogP contribution in [0.1, 0.15) is 39.4 Å². The molecule has 9 heteroatoms. The number of thiocarbonyl (C=S) groups is 1. The van der Waals surface area contributed by atoms with Crippen LogP contribution in [0.15, 0.2) is 0 Å². The Kier molecular flexibility index (Phi) is 7.15. The lowest BCUT2D eigenvalue weighted by atomic mass is 10.1. The van der Waals surface area contributed by atoms with Crippen LogP contribution in [0, 0.1) is 6.92 Å². The summed E-state index contributed by atoms with van der Waals surface area (Å²) in [6.45, 7) is 8.24. The number of thiophene rings is 1. The van der Waals surface area contributed by atoms with Crippen LogP contribution in [0.3, 0.4) is 0 Å². The van der Waals surface area contributed by atoms with Crippen LogP contribution in [0.25, 0.3) is 0 Å². The lowest BCUT2D eigenvalue weighted by Crippen LogP contribution is -2.42. The normalized spacial score (nSPS) is 14.1. The van der Waals surface area contributed by atoms with Crippen molar-refractivity contribution in [1.29, 1.82) is 0 Å². The summed E-state index contributed by atoms with van der Waals surface area (Å²) in [6.07, 6.45) is 0. The molecule has 0 unspecified atom stereocenters. The van der Waals surface area contributed by atoms with E-state index >= 15 is 0 Å². The monoisotopic (exact) mass is 386 g/mol. The van der Waals surface area contributed by atoms with E-state index in [9.17, 15) is 9.59 Å². The van der Waals surface area contributed by atoms with Crippen LogP contribution in [0.4, 0.5) is 5.00 Å². The fourth-order valence-electron chi connectivity index (χ4n) is 2.38. The number of esters is 2. The van der Waals surface area contributed by atoms with Crippen molar-refractivity contribution >= 4 is 45.6 Å². The Labute approximate surface area is 156 Å². The zero-order chi connectivity index (χ0) is 18.4. The number of carbonyl (C=O) groups excluding carboxylic acids is 2. The Morgan fingerprint density at radius 2 is 1.80 bits per heavy atom. The van der Waals surface area contributed by atoms with Crippen LogP contribution in [-0.2, 0) is 14.2 Å². The van der Waals surface area contributed by atoms with Gasteiger partial charge in [-0.1, -0.05) is 0 Å². The molecule has 0 aromatic carbocycles. The first-order valence-corrected chi connectivity index (χ1v) is 9.33. The molecular weight excluding hydrogens is 364 g/mol. The molecule has 0 spiro atoms. The second-order valence-corrected chi connectivity index (χ2v) is 6.64. The third-order valence-electron chi connectivity index (χ3n) is 3.61. The summed E-state index contributed by atoms with van der Waals surface area (Å²) < 4.78 is 15.5. The summed E-state index contributed by atoms with van der Waals surface area (Å²) in [4.78, 5) is 26.8. The Morgan fingerprint density at radius 3 is 2.40 bits per heavy atom. The molecule has 1 N–H and O–H groups in total. The van der Waals surface area contributed by atoms with Gasteiger partial charge in [-0.05, 0) is 38.6 Å². The second kappa shape index (κ2) is 9.12. The van der Waals surface area contributed by atoms with Gasteiger partial charge in [0.15, 0.2) is 5.11 Å². The highest BCUT2D eigenvalue weighted by Crippen LogP contribution is 2.34. The van der Waals surface area contributed by atoms with Gasteiger partial charge in [0.2, 0.25) is 0 Å². The number of anilines is 1. The highest BCUT2D eigenvalue weighted by Gasteiger charge is 2.27. The SMILES string of the molecule is CCOC(=O)c1sc(NC(=S)N2CCOCC2)c(C(=O)OCC)c1C. The maximum absolute atomic E-state index is 12.4. The van der Waals surface area contributed by atoms with E-state index in [2.05, 4.69) is 5.32 Å². The maximum Gasteiger partial charge on any atom is 0.348 e. The fraction of sp³-hybridized carbons (Fsp3) is 0.562. The Morgan fingerprint density at radius 1 is 1.20 bits per heavy atom. The molecule has 138 valence electrons. The van der Waals surface area contributed by atoms with E-state index in [0.29, 0.717) is 52.4 Å². The van der Waals surface area contributed by atoms with Gasteiger partial charge in [0.1, 0.15) is 9.88 Å². The molecule has 1 fully saturated rings. The van der Waals surface area contributed by atoms with Crippen LogP contribution in [0.2, 0.25) is 0 Å². The first kappa shape index (κ1) is 19.6. The molecule has 0 aliphatic carbocycles. The molecule has 1 saturated heterocycles. The van der Waals surface area contributed by atoms with Gasteiger partial charge in [-0.2, -0.15) is 0 Å². The molecule has 0 radical (unpaired) electrons. The van der Waals surface area contributed by atoms with E-state index < -0.39 is 11.9 Å². The van der Waals surface area contributed by atoms with Gasteiger partial charge in [-0.15, -0.1) is 11.3 Å². The predicted octanol–water partition coefficient (Wildman–Crippen LogP) is 2.44. The van der Waals surface area contributed by atoms with Crippen molar-refractivity contribution in [2.45, 2.75) is 20.8 Å². The Balaban J connectivity index is 2.30. The van der Waals surface area contributed by atoms with Crippen LogP contribution >= 0.6 is 23.6 Å². The predicted molar refractivity (Wildman–Crippen MR) is 99.6 cm³/mol. The average molecular weight is 386 g/mol. The van der Waals surface area contributed by atoms with E-state index in [4.69, 9.17) is 26.4 Å². The average Bonchev–Trinajstić information content (AvgIpc) is 2.92. The number of nitrogens with zero attached hydrogens (tertiary/aromatic N) is 1. The largest absolute Gasteiger partial charge is 0.462 e. The van der Waals surface area contributed by atoms with E-state index in [-0.39, 0.29) is 13.2 Å². The molecule has 0 amide bonds. The zero-order valence-electron chi connectivity index (χ0n) is 14.5. The van der Waals surface area contributed by atoms with Crippen LogP contribution in [0.5, 0.6) is 0 Å². The summed E-state index contributed by atoms with van der Waals surface area (Å²) in [7, 11) is 0. The summed E-state index contributed by atoms with van der Waals surface area (Å²) in [5, 5.41) is 4.08. The van der Waals surface area contributed by atoms with Crippen molar-refractivity contribution in [2.75, 3.05) is 44.8 Å². The van der Waals surface area contributed by atoms with Gasteiger partial charge in [-0.25, -0.2) is 9.59 Å². The van der Waals surface area contributed by atoms with E-state index in [1.54, 1.807) is 20.8 Å². The third kappa shape index (κ3) is 4.68. The molecule has 2 rings (SSSR count). The van der Waals surface area contributed by atoms with Gasteiger partial charge in [0.05, 0.1) is 32.0 Å². The summed E-state index contributed by atoms with van der Waals surface area (Å²) >= 11 is 6.58. The highest BCUT2D eigenvalue weighted by atomic mass is 32.1. The highest BCUT2D eigenvalue weighted by molar-refractivity contribution is 7.80. The quantitative estimate of drug-likeness (QED) is 0.611. The molecule has 1 aromatic rings. The number of morpholine rings is 1. The molecular formula is C16H22N2O5S2. The van der Waals surface area contributed by atoms with Crippen molar-refractivity contribution in [3.63, 3.8) is 0 Å². The van der Waals surface area contributed by atoms with Gasteiger partial charge in [0.25, 0.3) is 0 Å². The van der Waals surface area contributed by atoms with Crippen molar-refractivity contribution in [3.05, 3.63) is 16.0 Å². The Bertz CT molecular complexity index is 653. The number of carbonyl (C=O) groups is 2. The summed E-state index contributed by atoms with van der Waals surface area (Å²) in [6, 6.07) is 0. The molecule has 1 aliphatic rings.